The number of nitrogens with zero attached hydrogens (tertiary/aromatic N) is 3. The van der Waals surface area contributed by atoms with Gasteiger partial charge >= 0.3 is 0 Å². The number of carbonyl (C=O) groups excluding carboxylic acids is 1. The van der Waals surface area contributed by atoms with E-state index < -0.39 is 5.60 Å². The van der Waals surface area contributed by atoms with Gasteiger partial charge < -0.3 is 10.4 Å². The number of likely N-dealkylation sites (tertiary alicyclic amines) is 1. The van der Waals surface area contributed by atoms with Crippen LogP contribution in [0, 0.1) is 5.82 Å². The van der Waals surface area contributed by atoms with Crippen LogP contribution in [0.25, 0.3) is 0 Å². The first-order chi connectivity index (χ1) is 11.6. The second-order valence-corrected chi connectivity index (χ2v) is 6.07. The van der Waals surface area contributed by atoms with Gasteiger partial charge in [-0.25, -0.2) is 4.39 Å². The number of hydrogen-bond donors (Lipinski definition) is 3. The molecule has 1 aliphatic rings. The maximum Gasteiger partial charge on any atom is 0.234 e. The predicted octanol–water partition coefficient (Wildman–Crippen LogP) is 0.544. The number of halogens is 1. The number of hydrogen-bond acceptors (Lipinski definition) is 5. The van der Waals surface area contributed by atoms with E-state index in [1.165, 1.54) is 12.3 Å². The summed E-state index contributed by atoms with van der Waals surface area (Å²) in [6.45, 7) is 1.32. The molecule has 3 N–H and O–H groups in total. The van der Waals surface area contributed by atoms with Gasteiger partial charge in [-0.3, -0.25) is 9.69 Å². The van der Waals surface area contributed by atoms with E-state index >= 15 is 0 Å². The van der Waals surface area contributed by atoms with Crippen LogP contribution in [0.1, 0.15) is 24.1 Å². The predicted molar refractivity (Wildman–Crippen MR) is 84.2 cm³/mol. The third-order valence-corrected chi connectivity index (χ3v) is 4.24. The molecule has 0 spiro atoms. The highest BCUT2D eigenvalue weighted by molar-refractivity contribution is 5.78. The third-order valence-electron chi connectivity index (χ3n) is 4.24. The van der Waals surface area contributed by atoms with Crippen molar-refractivity contribution in [2.24, 2.45) is 0 Å². The fourth-order valence-electron chi connectivity index (χ4n) is 2.99. The van der Waals surface area contributed by atoms with Gasteiger partial charge in [-0.05, 0) is 25.5 Å². The molecule has 0 saturated carbocycles. The van der Waals surface area contributed by atoms with Gasteiger partial charge in [0.05, 0.1) is 12.7 Å². The molecule has 7 nitrogen and oxygen atoms in total. The van der Waals surface area contributed by atoms with Crippen molar-refractivity contribution in [3.63, 3.8) is 0 Å². The first kappa shape index (κ1) is 16.5. The fraction of sp³-hybridized carbons (Fsp3) is 0.438. The van der Waals surface area contributed by atoms with Gasteiger partial charge in [0.25, 0.3) is 0 Å². The smallest absolute Gasteiger partial charge is 0.234 e. The Labute approximate surface area is 138 Å². The van der Waals surface area contributed by atoms with Crippen LogP contribution in [0.5, 0.6) is 0 Å². The van der Waals surface area contributed by atoms with E-state index in [1.54, 1.807) is 18.2 Å². The van der Waals surface area contributed by atoms with E-state index in [1.807, 2.05) is 4.90 Å². The van der Waals surface area contributed by atoms with Crippen molar-refractivity contribution in [1.82, 2.24) is 25.6 Å². The quantitative estimate of drug-likeness (QED) is 0.743. The normalized spacial score (nSPS) is 21.6. The van der Waals surface area contributed by atoms with Crippen molar-refractivity contribution in [3.05, 3.63) is 47.5 Å². The molecule has 0 bridgehead atoms. The lowest BCUT2D eigenvalue weighted by Crippen LogP contribution is -2.49. The SMILES string of the molecule is O=C(CN1CCC[C@@](O)(c2cn[nH]n2)C1)NCc1ccccc1F. The van der Waals surface area contributed by atoms with Crippen molar-refractivity contribution in [2.75, 3.05) is 19.6 Å². The highest BCUT2D eigenvalue weighted by Gasteiger charge is 2.37. The molecule has 1 aliphatic heterocycles. The number of H-pyrrole nitrogens is 1. The number of β-amino-alcohol motifs (C(OH)–C–C–N with tert-alkyl or cyclic N) is 1. The number of benzene rings is 1. The molecule has 1 aromatic heterocycles. The topological polar surface area (TPSA) is 94.1 Å². The summed E-state index contributed by atoms with van der Waals surface area (Å²) in [5, 5.41) is 23.6. The molecule has 0 radical (unpaired) electrons. The lowest BCUT2D eigenvalue weighted by molar-refractivity contribution is -0.124. The number of rotatable bonds is 5. The monoisotopic (exact) mass is 333 g/mol. The molecule has 1 amide bonds. The van der Waals surface area contributed by atoms with Crippen molar-refractivity contribution < 1.29 is 14.3 Å². The highest BCUT2D eigenvalue weighted by Crippen LogP contribution is 2.29. The van der Waals surface area contributed by atoms with Gasteiger partial charge in [-0.2, -0.15) is 15.4 Å². The average Bonchev–Trinajstić information content (AvgIpc) is 3.09. The zero-order valence-electron chi connectivity index (χ0n) is 13.2. The maximum atomic E-state index is 13.5. The highest BCUT2D eigenvalue weighted by atomic mass is 19.1. The van der Waals surface area contributed by atoms with Crippen LogP contribution in [-0.2, 0) is 16.9 Å². The minimum absolute atomic E-state index is 0.146. The van der Waals surface area contributed by atoms with Gasteiger partial charge in [0.15, 0.2) is 0 Å². The molecule has 3 rings (SSSR count). The summed E-state index contributed by atoms with van der Waals surface area (Å²) in [5.41, 5.74) is -0.167. The molecule has 1 fully saturated rings. The molecule has 1 atom stereocenters. The van der Waals surface area contributed by atoms with Crippen molar-refractivity contribution in [3.8, 4) is 0 Å². The fourth-order valence-corrected chi connectivity index (χ4v) is 2.99. The molecule has 0 unspecified atom stereocenters. The molecule has 128 valence electrons. The summed E-state index contributed by atoms with van der Waals surface area (Å²) in [6, 6.07) is 6.34. The second kappa shape index (κ2) is 7.06. The summed E-state index contributed by atoms with van der Waals surface area (Å²) in [5.74, 6) is -0.543. The first-order valence-corrected chi connectivity index (χ1v) is 7.88. The summed E-state index contributed by atoms with van der Waals surface area (Å²) in [4.78, 5) is 14.0. The third kappa shape index (κ3) is 3.77. The molecule has 8 heteroatoms. The van der Waals surface area contributed by atoms with E-state index in [0.717, 1.165) is 6.42 Å². The molecule has 2 heterocycles. The Hall–Kier alpha value is -2.32. The number of piperidine rings is 1. The minimum atomic E-state index is -1.10. The zero-order chi connectivity index (χ0) is 17.0. The van der Waals surface area contributed by atoms with Crippen LogP contribution in [0.15, 0.2) is 30.5 Å². The number of aliphatic hydroxyl groups is 1. The summed E-state index contributed by atoms with van der Waals surface area (Å²) < 4.78 is 13.5. The lowest BCUT2D eigenvalue weighted by Gasteiger charge is -2.37. The Bertz CT molecular complexity index is 694. The Morgan fingerprint density at radius 2 is 2.29 bits per heavy atom. The van der Waals surface area contributed by atoms with Gasteiger partial charge in [-0.15, -0.1) is 0 Å². The average molecular weight is 333 g/mol. The summed E-state index contributed by atoms with van der Waals surface area (Å²) in [6.07, 6.45) is 2.83. The summed E-state index contributed by atoms with van der Waals surface area (Å²) >= 11 is 0. The second-order valence-electron chi connectivity index (χ2n) is 6.07. The molecular weight excluding hydrogens is 313 g/mol. The van der Waals surface area contributed by atoms with Gasteiger partial charge in [-0.1, -0.05) is 18.2 Å². The van der Waals surface area contributed by atoms with Gasteiger partial charge in [0, 0.05) is 18.7 Å². The lowest BCUT2D eigenvalue weighted by atomic mass is 9.90. The number of aromatic nitrogens is 3. The van der Waals surface area contributed by atoms with Crippen LogP contribution in [-0.4, -0.2) is 51.0 Å². The Morgan fingerprint density at radius 3 is 3.04 bits per heavy atom. The van der Waals surface area contributed by atoms with E-state index in [0.29, 0.717) is 30.8 Å². The summed E-state index contributed by atoms with van der Waals surface area (Å²) in [7, 11) is 0. The zero-order valence-corrected chi connectivity index (χ0v) is 13.2. The van der Waals surface area contributed by atoms with E-state index in [4.69, 9.17) is 0 Å². The number of amides is 1. The number of carbonyl (C=O) groups is 1. The van der Waals surface area contributed by atoms with Gasteiger partial charge in [0.2, 0.25) is 5.91 Å². The van der Waals surface area contributed by atoms with Crippen molar-refractivity contribution >= 4 is 5.91 Å². The molecular formula is C16H20FN5O2. The number of aromatic amines is 1. The van der Waals surface area contributed by atoms with E-state index in [9.17, 15) is 14.3 Å². The van der Waals surface area contributed by atoms with Crippen molar-refractivity contribution in [2.45, 2.75) is 25.0 Å². The minimum Gasteiger partial charge on any atom is -0.382 e. The van der Waals surface area contributed by atoms with E-state index in [2.05, 4.69) is 20.7 Å². The Kier molecular flexibility index (Phi) is 4.86. The standard InChI is InChI=1S/C16H20FN5O2/c17-13-5-2-1-4-12(13)8-18-15(23)10-22-7-3-6-16(24,11-22)14-9-19-21-20-14/h1-2,4-5,9,24H,3,6-8,10-11H2,(H,18,23)(H,19,20,21)/t16-/m0/s1. The van der Waals surface area contributed by atoms with Gasteiger partial charge in [0.1, 0.15) is 17.1 Å². The maximum absolute atomic E-state index is 13.5. The Morgan fingerprint density at radius 1 is 1.46 bits per heavy atom. The van der Waals surface area contributed by atoms with E-state index in [-0.39, 0.29) is 24.8 Å². The van der Waals surface area contributed by atoms with Crippen LogP contribution >= 0.6 is 0 Å². The number of nitrogens with one attached hydrogen (secondary N) is 2. The van der Waals surface area contributed by atoms with Crippen molar-refractivity contribution in [1.29, 1.82) is 0 Å². The van der Waals surface area contributed by atoms with Crippen LogP contribution < -0.4 is 5.32 Å². The largest absolute Gasteiger partial charge is 0.382 e. The van der Waals surface area contributed by atoms with Crippen LogP contribution in [0.3, 0.4) is 0 Å². The first-order valence-electron chi connectivity index (χ1n) is 7.88. The molecule has 24 heavy (non-hydrogen) atoms. The molecule has 0 aliphatic carbocycles. The van der Waals surface area contributed by atoms with Crippen LogP contribution in [0.2, 0.25) is 0 Å². The molecule has 1 saturated heterocycles. The molecule has 2 aromatic rings. The Balaban J connectivity index is 1.54. The van der Waals surface area contributed by atoms with Crippen LogP contribution in [0.4, 0.5) is 4.39 Å². The molecule has 1 aromatic carbocycles.